The summed E-state index contributed by atoms with van der Waals surface area (Å²) in [6, 6.07) is 4.68. The lowest BCUT2D eigenvalue weighted by Crippen LogP contribution is -2.47. The highest BCUT2D eigenvalue weighted by Crippen LogP contribution is 2.39. The minimum absolute atomic E-state index is 0.0634. The molecule has 110 valence electrons. The zero-order chi connectivity index (χ0) is 14.3. The lowest BCUT2D eigenvalue weighted by atomic mass is 10.2. The highest BCUT2D eigenvalue weighted by molar-refractivity contribution is 5.75. The van der Waals surface area contributed by atoms with E-state index in [1.54, 1.807) is 0 Å². The number of urea groups is 1. The van der Waals surface area contributed by atoms with E-state index in [0.29, 0.717) is 18.0 Å². The van der Waals surface area contributed by atoms with Gasteiger partial charge in [0.05, 0.1) is 6.04 Å². The zero-order valence-corrected chi connectivity index (χ0v) is 12.6. The Bertz CT molecular complexity index is 488. The van der Waals surface area contributed by atoms with Gasteiger partial charge >= 0.3 is 6.03 Å². The summed E-state index contributed by atoms with van der Waals surface area (Å²) in [7, 11) is 0. The van der Waals surface area contributed by atoms with Crippen molar-refractivity contribution in [3.8, 4) is 0 Å². The topological polar surface area (TPSA) is 45.5 Å². The molecule has 0 saturated heterocycles. The molecule has 2 amide bonds. The number of carbonyl (C=O) groups excluding carboxylic acids is 1. The van der Waals surface area contributed by atoms with Crippen molar-refractivity contribution >= 4 is 6.03 Å². The highest BCUT2D eigenvalue weighted by atomic mass is 16.3. The second-order valence-electron chi connectivity index (χ2n) is 6.34. The van der Waals surface area contributed by atoms with Gasteiger partial charge in [-0.05, 0) is 64.5 Å². The molecule has 0 radical (unpaired) electrons. The van der Waals surface area contributed by atoms with Crippen LogP contribution in [0.4, 0.5) is 4.79 Å². The number of nitrogens with zero attached hydrogens (tertiary/aromatic N) is 1. The molecule has 1 N–H and O–H groups in total. The van der Waals surface area contributed by atoms with Gasteiger partial charge in [0.1, 0.15) is 11.5 Å². The van der Waals surface area contributed by atoms with Gasteiger partial charge in [0.2, 0.25) is 0 Å². The third-order valence-corrected chi connectivity index (χ3v) is 4.45. The van der Waals surface area contributed by atoms with E-state index in [2.05, 4.69) is 17.1 Å². The van der Waals surface area contributed by atoms with Crippen LogP contribution in [-0.4, -0.2) is 23.0 Å². The van der Waals surface area contributed by atoms with Gasteiger partial charge in [-0.25, -0.2) is 4.79 Å². The van der Waals surface area contributed by atoms with Gasteiger partial charge in [-0.15, -0.1) is 0 Å². The Morgan fingerprint density at radius 2 is 2.00 bits per heavy atom. The number of aryl methyl sites for hydroxylation is 1. The molecule has 2 fully saturated rings. The monoisotopic (exact) mass is 276 g/mol. The fourth-order valence-corrected chi connectivity index (χ4v) is 2.86. The van der Waals surface area contributed by atoms with Crippen LogP contribution in [0.1, 0.15) is 57.1 Å². The first kappa shape index (κ1) is 13.5. The normalized spacial score (nSPS) is 21.4. The second-order valence-corrected chi connectivity index (χ2v) is 6.34. The van der Waals surface area contributed by atoms with Crippen molar-refractivity contribution in [2.24, 2.45) is 5.92 Å². The van der Waals surface area contributed by atoms with Crippen LogP contribution in [-0.2, 0) is 0 Å². The van der Waals surface area contributed by atoms with E-state index < -0.39 is 0 Å². The lowest BCUT2D eigenvalue weighted by Gasteiger charge is -2.30. The Labute approximate surface area is 120 Å². The molecule has 4 heteroatoms. The molecule has 0 spiro atoms. The molecule has 2 aliphatic rings. The third kappa shape index (κ3) is 2.84. The number of furan rings is 1. The summed E-state index contributed by atoms with van der Waals surface area (Å²) in [4.78, 5) is 14.6. The van der Waals surface area contributed by atoms with Crippen molar-refractivity contribution in [3.63, 3.8) is 0 Å². The van der Waals surface area contributed by atoms with Crippen LogP contribution < -0.4 is 5.32 Å². The van der Waals surface area contributed by atoms with Crippen LogP contribution >= 0.6 is 0 Å². The Balaban J connectivity index is 1.64. The van der Waals surface area contributed by atoms with Crippen molar-refractivity contribution in [2.45, 2.75) is 64.6 Å². The van der Waals surface area contributed by atoms with Gasteiger partial charge in [0.25, 0.3) is 0 Å². The first-order valence-corrected chi connectivity index (χ1v) is 7.71. The SMILES string of the molecule is Cc1ccc([C@H](C)NC(=O)N(C2CC2)[C@H](C)C2CC2)o1. The van der Waals surface area contributed by atoms with Crippen LogP contribution in [0, 0.1) is 12.8 Å². The lowest BCUT2D eigenvalue weighted by molar-refractivity contribution is 0.163. The fraction of sp³-hybridized carbons (Fsp3) is 0.688. The van der Waals surface area contributed by atoms with E-state index in [0.717, 1.165) is 24.4 Å². The summed E-state index contributed by atoms with van der Waals surface area (Å²) < 4.78 is 5.59. The summed E-state index contributed by atoms with van der Waals surface area (Å²) in [6.07, 6.45) is 4.84. The van der Waals surface area contributed by atoms with E-state index in [1.165, 1.54) is 12.8 Å². The number of rotatable bonds is 5. The molecule has 0 aromatic carbocycles. The van der Waals surface area contributed by atoms with Crippen LogP contribution in [0.25, 0.3) is 0 Å². The standard InChI is InChI=1S/C16H24N2O2/c1-10-4-9-15(20-10)11(2)17-16(19)18(14-7-8-14)12(3)13-5-6-13/h4,9,11-14H,5-8H2,1-3H3,(H,17,19)/t11-,12+/m0/s1. The fourth-order valence-electron chi connectivity index (χ4n) is 2.86. The first-order valence-electron chi connectivity index (χ1n) is 7.71. The molecule has 1 aromatic heterocycles. The molecule has 0 aliphatic heterocycles. The summed E-state index contributed by atoms with van der Waals surface area (Å²) in [5.41, 5.74) is 0. The maximum atomic E-state index is 12.6. The van der Waals surface area contributed by atoms with E-state index in [-0.39, 0.29) is 12.1 Å². The summed E-state index contributed by atoms with van der Waals surface area (Å²) in [6.45, 7) is 6.09. The minimum Gasteiger partial charge on any atom is -0.464 e. The molecular weight excluding hydrogens is 252 g/mol. The molecule has 1 aromatic rings. The molecule has 20 heavy (non-hydrogen) atoms. The van der Waals surface area contributed by atoms with Crippen molar-refractivity contribution in [3.05, 3.63) is 23.7 Å². The molecule has 2 atom stereocenters. The van der Waals surface area contributed by atoms with Crippen molar-refractivity contribution < 1.29 is 9.21 Å². The summed E-state index contributed by atoms with van der Waals surface area (Å²) >= 11 is 0. The number of nitrogens with one attached hydrogen (secondary N) is 1. The summed E-state index contributed by atoms with van der Waals surface area (Å²) in [5.74, 6) is 2.42. The van der Waals surface area contributed by atoms with Crippen molar-refractivity contribution in [1.29, 1.82) is 0 Å². The van der Waals surface area contributed by atoms with E-state index in [1.807, 2.05) is 26.0 Å². The average Bonchev–Trinajstić information content (AvgIpc) is 3.29. The van der Waals surface area contributed by atoms with Gasteiger partial charge in [0, 0.05) is 12.1 Å². The van der Waals surface area contributed by atoms with Crippen LogP contribution in [0.3, 0.4) is 0 Å². The predicted octanol–water partition coefficient (Wildman–Crippen LogP) is 3.62. The van der Waals surface area contributed by atoms with Gasteiger partial charge in [0.15, 0.2) is 0 Å². The molecular formula is C16H24N2O2. The Hall–Kier alpha value is -1.45. The maximum Gasteiger partial charge on any atom is 0.318 e. The first-order chi connectivity index (χ1) is 9.56. The molecule has 4 nitrogen and oxygen atoms in total. The van der Waals surface area contributed by atoms with E-state index >= 15 is 0 Å². The predicted molar refractivity (Wildman–Crippen MR) is 77.4 cm³/mol. The molecule has 2 saturated carbocycles. The molecule has 0 unspecified atom stereocenters. The second kappa shape index (κ2) is 5.15. The van der Waals surface area contributed by atoms with Crippen LogP contribution in [0.2, 0.25) is 0 Å². The smallest absolute Gasteiger partial charge is 0.318 e. The Morgan fingerprint density at radius 3 is 2.50 bits per heavy atom. The molecule has 3 rings (SSSR count). The number of hydrogen-bond donors (Lipinski definition) is 1. The zero-order valence-electron chi connectivity index (χ0n) is 12.6. The summed E-state index contributed by atoms with van der Waals surface area (Å²) in [5, 5.41) is 3.09. The molecule has 1 heterocycles. The van der Waals surface area contributed by atoms with Crippen LogP contribution in [0.15, 0.2) is 16.5 Å². The van der Waals surface area contributed by atoms with Crippen molar-refractivity contribution in [2.75, 3.05) is 0 Å². The Morgan fingerprint density at radius 1 is 1.30 bits per heavy atom. The maximum absolute atomic E-state index is 12.6. The largest absolute Gasteiger partial charge is 0.464 e. The number of amides is 2. The number of carbonyl (C=O) groups is 1. The molecule has 2 aliphatic carbocycles. The van der Waals surface area contributed by atoms with Gasteiger partial charge in [-0.3, -0.25) is 0 Å². The minimum atomic E-state index is -0.0798. The average molecular weight is 276 g/mol. The Kier molecular flexibility index (Phi) is 3.48. The third-order valence-electron chi connectivity index (χ3n) is 4.45. The molecule has 0 bridgehead atoms. The van der Waals surface area contributed by atoms with Crippen LogP contribution in [0.5, 0.6) is 0 Å². The van der Waals surface area contributed by atoms with E-state index in [4.69, 9.17) is 4.42 Å². The van der Waals surface area contributed by atoms with Gasteiger partial charge < -0.3 is 14.6 Å². The van der Waals surface area contributed by atoms with Gasteiger partial charge in [-0.2, -0.15) is 0 Å². The number of hydrogen-bond acceptors (Lipinski definition) is 2. The quantitative estimate of drug-likeness (QED) is 0.892. The highest BCUT2D eigenvalue weighted by Gasteiger charge is 2.42. The van der Waals surface area contributed by atoms with Crippen molar-refractivity contribution in [1.82, 2.24) is 10.2 Å². The van der Waals surface area contributed by atoms with E-state index in [9.17, 15) is 4.79 Å². The van der Waals surface area contributed by atoms with Gasteiger partial charge in [-0.1, -0.05) is 0 Å².